The lowest BCUT2D eigenvalue weighted by atomic mass is 9.82. The molecule has 186 valence electrons. The highest BCUT2D eigenvalue weighted by atomic mass is 15.0. The second-order valence-electron chi connectivity index (χ2n) is 12.9. The number of pyridine rings is 2. The van der Waals surface area contributed by atoms with Gasteiger partial charge in [-0.2, -0.15) is 0 Å². The molecule has 8 rings (SSSR count). The summed E-state index contributed by atoms with van der Waals surface area (Å²) in [5.41, 5.74) is 11.4. The Morgan fingerprint density at radius 2 is 1.78 bits per heavy atom. The van der Waals surface area contributed by atoms with E-state index in [1.807, 2.05) is 0 Å². The van der Waals surface area contributed by atoms with Crippen molar-refractivity contribution in [3.05, 3.63) is 70.9 Å². The molecule has 0 amide bonds. The molecule has 0 N–H and O–H groups in total. The highest BCUT2D eigenvalue weighted by molar-refractivity contribution is 6.26. The lowest BCUT2D eigenvalue weighted by Crippen LogP contribution is -2.29. The maximum atomic E-state index is 2.64. The number of rotatable bonds is 3. The third-order valence-electron chi connectivity index (χ3n) is 10.2. The van der Waals surface area contributed by atoms with E-state index in [9.17, 15) is 0 Å². The number of aryl methyl sites for hydroxylation is 3. The molecule has 3 unspecified atom stereocenters. The second kappa shape index (κ2) is 7.47. The Labute approximate surface area is 219 Å². The summed E-state index contributed by atoms with van der Waals surface area (Å²) < 4.78 is 5.01. The van der Waals surface area contributed by atoms with Crippen molar-refractivity contribution in [2.45, 2.75) is 65.7 Å². The lowest BCUT2D eigenvalue weighted by molar-refractivity contribution is -0.643. The van der Waals surface area contributed by atoms with Crippen molar-refractivity contribution in [1.82, 2.24) is 4.40 Å². The first kappa shape index (κ1) is 21.9. The van der Waals surface area contributed by atoms with Crippen LogP contribution < -0.4 is 4.57 Å². The van der Waals surface area contributed by atoms with Gasteiger partial charge in [-0.3, -0.25) is 0 Å². The summed E-state index contributed by atoms with van der Waals surface area (Å²) in [6.07, 6.45) is 9.13. The molecule has 0 radical (unpaired) electrons. The van der Waals surface area contributed by atoms with Crippen LogP contribution in [0.1, 0.15) is 67.7 Å². The predicted molar refractivity (Wildman–Crippen MR) is 156 cm³/mol. The van der Waals surface area contributed by atoms with E-state index in [0.717, 1.165) is 24.2 Å². The number of aromatic nitrogens is 2. The summed E-state index contributed by atoms with van der Waals surface area (Å²) in [4.78, 5) is 0. The van der Waals surface area contributed by atoms with E-state index in [0.29, 0.717) is 5.92 Å². The van der Waals surface area contributed by atoms with Crippen molar-refractivity contribution in [3.8, 4) is 0 Å². The molecule has 0 aliphatic heterocycles. The number of nitrogens with zero attached hydrogens (tertiary/aromatic N) is 2. The van der Waals surface area contributed by atoms with E-state index >= 15 is 0 Å². The molecule has 6 aromatic rings. The Morgan fingerprint density at radius 1 is 0.919 bits per heavy atom. The minimum atomic E-state index is 0.655. The van der Waals surface area contributed by atoms with Gasteiger partial charge < -0.3 is 4.40 Å². The molecule has 2 nitrogen and oxygen atoms in total. The van der Waals surface area contributed by atoms with E-state index in [1.54, 1.807) is 5.56 Å². The third-order valence-corrected chi connectivity index (χ3v) is 10.2. The van der Waals surface area contributed by atoms with Crippen LogP contribution >= 0.6 is 0 Å². The van der Waals surface area contributed by atoms with Crippen LogP contribution in [0.15, 0.2) is 48.7 Å². The number of fused-ring (bicyclic) bond motifs is 7. The molecular weight excluding hydrogens is 448 g/mol. The predicted octanol–water partition coefficient (Wildman–Crippen LogP) is 8.53. The van der Waals surface area contributed by atoms with Crippen molar-refractivity contribution >= 4 is 49.0 Å². The molecule has 3 atom stereocenters. The molecule has 3 heterocycles. The van der Waals surface area contributed by atoms with Crippen LogP contribution in [-0.4, -0.2) is 4.40 Å². The summed E-state index contributed by atoms with van der Waals surface area (Å²) in [5.74, 6) is 3.22. The van der Waals surface area contributed by atoms with Crippen molar-refractivity contribution in [2.24, 2.45) is 24.8 Å². The van der Waals surface area contributed by atoms with Gasteiger partial charge in [0, 0.05) is 16.8 Å². The highest BCUT2D eigenvalue weighted by Gasteiger charge is 2.40. The van der Waals surface area contributed by atoms with Gasteiger partial charge in [-0.1, -0.05) is 32.4 Å². The average Bonchev–Trinajstić information content (AvgIpc) is 3.59. The van der Waals surface area contributed by atoms with Crippen LogP contribution in [0.3, 0.4) is 0 Å². The first-order chi connectivity index (χ1) is 17.9. The minimum absolute atomic E-state index is 0.655. The molecule has 3 aromatic heterocycles. The molecule has 0 saturated heterocycles. The van der Waals surface area contributed by atoms with Gasteiger partial charge in [0.25, 0.3) is 0 Å². The van der Waals surface area contributed by atoms with Crippen molar-refractivity contribution < 1.29 is 4.57 Å². The number of hydrogen-bond acceptors (Lipinski definition) is 0. The molecule has 2 aliphatic rings. The van der Waals surface area contributed by atoms with E-state index < -0.39 is 0 Å². The molecule has 2 aliphatic carbocycles. The largest absolute Gasteiger partial charge is 0.307 e. The van der Waals surface area contributed by atoms with E-state index in [4.69, 9.17) is 0 Å². The Bertz CT molecular complexity index is 1890. The van der Waals surface area contributed by atoms with Crippen LogP contribution in [0.5, 0.6) is 0 Å². The van der Waals surface area contributed by atoms with E-state index in [2.05, 4.69) is 92.4 Å². The number of hydrogen-bond donors (Lipinski definition) is 0. The van der Waals surface area contributed by atoms with Crippen molar-refractivity contribution in [1.29, 1.82) is 0 Å². The first-order valence-electron chi connectivity index (χ1n) is 14.4. The standard InChI is InChI=1S/C35H37N2/c1-19(2)12-22-7-9-30-28(16-22)29-13-20(3)21(4)32-34(29)37(30)31-18-26(27-15-23-6-8-24(27)14-23)17-25-10-11-36(5)35(32)33(25)31/h7,9-11,13,16-19,23-24,27H,6,8,12,14-15H2,1-5H3/q+1. The Kier molecular flexibility index (Phi) is 4.42. The quantitative estimate of drug-likeness (QED) is 0.135. The van der Waals surface area contributed by atoms with Gasteiger partial charge in [0.2, 0.25) is 5.52 Å². The van der Waals surface area contributed by atoms with Gasteiger partial charge in [-0.15, -0.1) is 0 Å². The summed E-state index contributed by atoms with van der Waals surface area (Å²) in [6, 6.07) is 17.2. The third kappa shape index (κ3) is 2.90. The summed E-state index contributed by atoms with van der Waals surface area (Å²) in [5, 5.41) is 7.06. The molecule has 2 saturated carbocycles. The maximum absolute atomic E-state index is 2.64. The fourth-order valence-electron chi connectivity index (χ4n) is 8.44. The maximum Gasteiger partial charge on any atom is 0.224 e. The molecule has 0 spiro atoms. The van der Waals surface area contributed by atoms with Gasteiger partial charge in [-0.25, -0.2) is 4.57 Å². The molecule has 2 fully saturated rings. The Morgan fingerprint density at radius 3 is 2.54 bits per heavy atom. The van der Waals surface area contributed by atoms with Crippen molar-refractivity contribution in [3.63, 3.8) is 0 Å². The van der Waals surface area contributed by atoms with Crippen LogP contribution in [0.25, 0.3) is 49.0 Å². The zero-order valence-electron chi connectivity index (χ0n) is 22.9. The lowest BCUT2D eigenvalue weighted by Gasteiger charge is -2.23. The summed E-state index contributed by atoms with van der Waals surface area (Å²) in [6.45, 7) is 9.26. The van der Waals surface area contributed by atoms with Crippen molar-refractivity contribution in [2.75, 3.05) is 0 Å². The summed E-state index contributed by atoms with van der Waals surface area (Å²) >= 11 is 0. The fraction of sp³-hybridized carbons (Fsp3) is 0.400. The molecule has 2 bridgehead atoms. The number of benzene rings is 3. The summed E-state index contributed by atoms with van der Waals surface area (Å²) in [7, 11) is 2.23. The van der Waals surface area contributed by atoms with Gasteiger partial charge in [-0.05, 0) is 115 Å². The van der Waals surface area contributed by atoms with Gasteiger partial charge in [0.15, 0.2) is 6.20 Å². The van der Waals surface area contributed by atoms with E-state index in [1.165, 1.54) is 91.4 Å². The van der Waals surface area contributed by atoms with Crippen LogP contribution in [0.2, 0.25) is 0 Å². The Hall–Kier alpha value is -3.13. The zero-order valence-corrected chi connectivity index (χ0v) is 22.9. The van der Waals surface area contributed by atoms with Crippen LogP contribution in [-0.2, 0) is 13.5 Å². The van der Waals surface area contributed by atoms with Gasteiger partial charge in [0.1, 0.15) is 7.05 Å². The van der Waals surface area contributed by atoms with Gasteiger partial charge >= 0.3 is 0 Å². The molecule has 3 aromatic carbocycles. The molecule has 2 heteroatoms. The zero-order chi connectivity index (χ0) is 25.2. The second-order valence-corrected chi connectivity index (χ2v) is 12.9. The smallest absolute Gasteiger partial charge is 0.224 e. The normalized spacial score (nSPS) is 21.8. The fourth-order valence-corrected chi connectivity index (χ4v) is 8.44. The topological polar surface area (TPSA) is 8.29 Å². The highest BCUT2D eigenvalue weighted by Crippen LogP contribution is 2.54. The van der Waals surface area contributed by atoms with Crippen LogP contribution in [0, 0.1) is 31.6 Å². The van der Waals surface area contributed by atoms with Crippen LogP contribution in [0.4, 0.5) is 0 Å². The first-order valence-corrected chi connectivity index (χ1v) is 14.4. The Balaban J connectivity index is 1.58. The average molecular weight is 486 g/mol. The minimum Gasteiger partial charge on any atom is -0.307 e. The SMILES string of the molecule is Cc1cc2c3cc(CC(C)C)ccc3n3c4cc(C5CC6CCC5C6)cc5cc[n+](C)c(c(c1C)c23)c54. The monoisotopic (exact) mass is 485 g/mol. The molecular formula is C35H37N2+. The molecule has 37 heavy (non-hydrogen) atoms. The van der Waals surface area contributed by atoms with E-state index in [-0.39, 0.29) is 0 Å². The van der Waals surface area contributed by atoms with Gasteiger partial charge in [0.05, 0.1) is 27.3 Å².